The van der Waals surface area contributed by atoms with E-state index in [1.807, 2.05) is 0 Å². The third-order valence-corrected chi connectivity index (χ3v) is 4.06. The Hall–Kier alpha value is -3.95. The maximum absolute atomic E-state index is 12.5. The molecule has 0 aliphatic rings. The van der Waals surface area contributed by atoms with E-state index in [9.17, 15) is 18.0 Å². The van der Waals surface area contributed by atoms with E-state index < -0.39 is 18.0 Å². The summed E-state index contributed by atoms with van der Waals surface area (Å²) < 4.78 is 46.8. The minimum atomic E-state index is -4.85. The molecule has 0 radical (unpaired) electrons. The maximum atomic E-state index is 12.5. The normalized spacial score (nSPS) is 11.1. The Morgan fingerprint density at radius 1 is 1.07 bits per heavy atom. The van der Waals surface area contributed by atoms with Crippen molar-refractivity contribution >= 4 is 23.1 Å². The first-order chi connectivity index (χ1) is 14.1. The molecule has 7 nitrogen and oxygen atoms in total. The van der Waals surface area contributed by atoms with Crippen molar-refractivity contribution in [1.82, 2.24) is 4.98 Å². The molecule has 1 amide bonds. The number of pyridine rings is 1. The topological polar surface area (TPSA) is 112 Å². The fourth-order valence-corrected chi connectivity index (χ4v) is 2.57. The predicted molar refractivity (Wildman–Crippen MR) is 105 cm³/mol. The van der Waals surface area contributed by atoms with Crippen LogP contribution in [0.15, 0.2) is 54.7 Å². The minimum Gasteiger partial charge on any atom is -0.455 e. The Balaban J connectivity index is 1.81. The van der Waals surface area contributed by atoms with Gasteiger partial charge in [0, 0.05) is 29.1 Å². The van der Waals surface area contributed by atoms with Crippen molar-refractivity contribution in [2.75, 3.05) is 16.8 Å². The standard InChI is InChI=1S/C20H17F3N4O3/c1-11-14(6-3-7-15(11)29-16-8-9-26-18(25)17(16)24)27-19(28)12-4-2-5-13(10-12)30-20(21,22)23/h2-10H,24H2,1H3,(H2,25,26)(H,27,28). The number of aromatic nitrogens is 1. The molecule has 1 heterocycles. The SMILES string of the molecule is Cc1c(NC(=O)c2cccc(OC(F)(F)F)c2)cccc1Oc1ccnc(N)c1N. The Kier molecular flexibility index (Phi) is 5.67. The third-order valence-electron chi connectivity index (χ3n) is 4.06. The second-order valence-electron chi connectivity index (χ2n) is 6.17. The van der Waals surface area contributed by atoms with Gasteiger partial charge in [-0.15, -0.1) is 13.2 Å². The van der Waals surface area contributed by atoms with Crippen LogP contribution in [-0.4, -0.2) is 17.3 Å². The zero-order chi connectivity index (χ0) is 21.9. The first-order valence-corrected chi connectivity index (χ1v) is 8.58. The number of nitrogens with two attached hydrogens (primary N) is 2. The lowest BCUT2D eigenvalue weighted by molar-refractivity contribution is -0.274. The summed E-state index contributed by atoms with van der Waals surface area (Å²) >= 11 is 0. The van der Waals surface area contributed by atoms with E-state index in [4.69, 9.17) is 16.2 Å². The van der Waals surface area contributed by atoms with Crippen molar-refractivity contribution in [1.29, 1.82) is 0 Å². The molecule has 1 aromatic heterocycles. The van der Waals surface area contributed by atoms with Crippen molar-refractivity contribution in [3.05, 3.63) is 65.9 Å². The summed E-state index contributed by atoms with van der Waals surface area (Å²) in [6.45, 7) is 1.70. The largest absolute Gasteiger partial charge is 0.573 e. The molecule has 0 spiro atoms. The summed E-state index contributed by atoms with van der Waals surface area (Å²) in [6, 6.07) is 11.2. The lowest BCUT2D eigenvalue weighted by Gasteiger charge is -2.15. The molecule has 0 aliphatic heterocycles. The van der Waals surface area contributed by atoms with E-state index in [1.54, 1.807) is 31.2 Å². The number of hydrogen-bond acceptors (Lipinski definition) is 6. The Morgan fingerprint density at radius 3 is 2.53 bits per heavy atom. The number of benzene rings is 2. The summed E-state index contributed by atoms with van der Waals surface area (Å²) in [5, 5.41) is 2.64. The van der Waals surface area contributed by atoms with Crippen LogP contribution in [0.5, 0.6) is 17.2 Å². The molecule has 156 valence electrons. The molecule has 3 rings (SSSR count). The molecule has 0 saturated heterocycles. The Bertz CT molecular complexity index is 1090. The molecule has 5 N–H and O–H groups in total. The van der Waals surface area contributed by atoms with Crippen molar-refractivity contribution < 1.29 is 27.4 Å². The highest BCUT2D eigenvalue weighted by molar-refractivity contribution is 6.05. The Labute approximate surface area is 169 Å². The van der Waals surface area contributed by atoms with Gasteiger partial charge in [-0.05, 0) is 37.3 Å². The van der Waals surface area contributed by atoms with Gasteiger partial charge in [0.25, 0.3) is 5.91 Å². The molecule has 10 heteroatoms. The first-order valence-electron chi connectivity index (χ1n) is 8.58. The maximum Gasteiger partial charge on any atom is 0.573 e. The van der Waals surface area contributed by atoms with Crippen molar-refractivity contribution in [3.8, 4) is 17.2 Å². The van der Waals surface area contributed by atoms with Gasteiger partial charge in [-0.3, -0.25) is 4.79 Å². The summed E-state index contributed by atoms with van der Waals surface area (Å²) in [5.41, 5.74) is 12.7. The average Bonchev–Trinajstić information content (AvgIpc) is 2.67. The van der Waals surface area contributed by atoms with Crippen molar-refractivity contribution in [3.63, 3.8) is 0 Å². The lowest BCUT2D eigenvalue weighted by Crippen LogP contribution is -2.18. The number of hydrogen-bond donors (Lipinski definition) is 3. The average molecular weight is 418 g/mol. The highest BCUT2D eigenvalue weighted by Crippen LogP contribution is 2.34. The smallest absolute Gasteiger partial charge is 0.455 e. The van der Waals surface area contributed by atoms with Crippen LogP contribution in [-0.2, 0) is 0 Å². The highest BCUT2D eigenvalue weighted by atomic mass is 19.4. The van der Waals surface area contributed by atoms with Crippen LogP contribution in [0.3, 0.4) is 0 Å². The van der Waals surface area contributed by atoms with Crippen LogP contribution in [0.4, 0.5) is 30.4 Å². The van der Waals surface area contributed by atoms with Crippen molar-refractivity contribution in [2.45, 2.75) is 13.3 Å². The highest BCUT2D eigenvalue weighted by Gasteiger charge is 2.31. The van der Waals surface area contributed by atoms with Gasteiger partial charge >= 0.3 is 6.36 Å². The van der Waals surface area contributed by atoms with Gasteiger partial charge in [-0.2, -0.15) is 0 Å². The van der Waals surface area contributed by atoms with Crippen LogP contribution in [0.25, 0.3) is 0 Å². The Morgan fingerprint density at radius 2 is 1.80 bits per heavy atom. The zero-order valence-electron chi connectivity index (χ0n) is 15.7. The number of nitrogens with one attached hydrogen (secondary N) is 1. The van der Waals surface area contributed by atoms with Gasteiger partial charge < -0.3 is 26.3 Å². The summed E-state index contributed by atoms with van der Waals surface area (Å²) in [6.07, 6.45) is -3.41. The lowest BCUT2D eigenvalue weighted by atomic mass is 10.1. The third kappa shape index (κ3) is 4.90. The van der Waals surface area contributed by atoms with Crippen LogP contribution in [0, 0.1) is 6.92 Å². The quantitative estimate of drug-likeness (QED) is 0.563. The van der Waals surface area contributed by atoms with E-state index in [-0.39, 0.29) is 17.1 Å². The number of rotatable bonds is 5. The molecular formula is C20H17F3N4O3. The molecule has 3 aromatic rings. The number of carbonyl (C=O) groups is 1. The van der Waals surface area contributed by atoms with E-state index >= 15 is 0 Å². The van der Waals surface area contributed by atoms with Gasteiger partial charge in [-0.25, -0.2) is 4.98 Å². The second-order valence-corrected chi connectivity index (χ2v) is 6.17. The molecular weight excluding hydrogens is 401 g/mol. The van der Waals surface area contributed by atoms with Crippen LogP contribution < -0.4 is 26.3 Å². The molecule has 0 aliphatic carbocycles. The number of amides is 1. The zero-order valence-corrected chi connectivity index (χ0v) is 15.7. The van der Waals surface area contributed by atoms with Gasteiger partial charge in [0.1, 0.15) is 23.0 Å². The fraction of sp³-hybridized carbons (Fsp3) is 0.100. The molecule has 0 saturated carbocycles. The molecule has 0 unspecified atom stereocenters. The number of ether oxygens (including phenoxy) is 2. The second kappa shape index (κ2) is 8.19. The van der Waals surface area contributed by atoms with Gasteiger partial charge in [0.15, 0.2) is 5.75 Å². The van der Waals surface area contributed by atoms with Gasteiger partial charge in [-0.1, -0.05) is 12.1 Å². The molecule has 0 fully saturated rings. The molecule has 0 atom stereocenters. The number of carbonyl (C=O) groups excluding carboxylic acids is 1. The van der Waals surface area contributed by atoms with Crippen LogP contribution >= 0.6 is 0 Å². The summed E-state index contributed by atoms with van der Waals surface area (Å²) in [5.74, 6) is -0.286. The fourth-order valence-electron chi connectivity index (χ4n) is 2.57. The molecule has 0 bridgehead atoms. The van der Waals surface area contributed by atoms with E-state index in [0.717, 1.165) is 12.1 Å². The van der Waals surface area contributed by atoms with Crippen LogP contribution in [0.1, 0.15) is 15.9 Å². The monoisotopic (exact) mass is 418 g/mol. The first kappa shape index (κ1) is 20.8. The van der Waals surface area contributed by atoms with Crippen molar-refractivity contribution in [2.24, 2.45) is 0 Å². The van der Waals surface area contributed by atoms with E-state index in [2.05, 4.69) is 15.0 Å². The van der Waals surface area contributed by atoms with Gasteiger partial charge in [0.05, 0.1) is 0 Å². The molecule has 30 heavy (non-hydrogen) atoms. The number of halogens is 3. The predicted octanol–water partition coefficient (Wildman–Crippen LogP) is 4.50. The number of alkyl halides is 3. The van der Waals surface area contributed by atoms with Gasteiger partial charge in [0.2, 0.25) is 0 Å². The van der Waals surface area contributed by atoms with E-state index in [0.29, 0.717) is 22.7 Å². The van der Waals surface area contributed by atoms with Crippen LogP contribution in [0.2, 0.25) is 0 Å². The minimum absolute atomic E-state index is 0.00590. The molecule has 2 aromatic carbocycles. The number of nitrogen functional groups attached to an aromatic ring is 2. The van der Waals surface area contributed by atoms with E-state index in [1.165, 1.54) is 18.3 Å². The summed E-state index contributed by atoms with van der Waals surface area (Å²) in [4.78, 5) is 16.4. The summed E-state index contributed by atoms with van der Waals surface area (Å²) in [7, 11) is 0. The number of anilines is 3. The number of nitrogens with zero attached hydrogens (tertiary/aromatic N) is 1.